The fourth-order valence-electron chi connectivity index (χ4n) is 2.78. The van der Waals surface area contributed by atoms with E-state index >= 15 is 0 Å². The normalized spacial score (nSPS) is 12.1. The minimum Gasteiger partial charge on any atom is -0.298 e. The van der Waals surface area contributed by atoms with Gasteiger partial charge in [-0.05, 0) is 35.4 Å². The Hall–Kier alpha value is -3.16. The van der Waals surface area contributed by atoms with Crippen LogP contribution in [0.25, 0.3) is 22.3 Å². The van der Waals surface area contributed by atoms with Gasteiger partial charge in [0.15, 0.2) is 6.29 Å². The zero-order valence-corrected chi connectivity index (χ0v) is 14.0. The molecule has 0 amide bonds. The van der Waals surface area contributed by atoms with Crippen molar-refractivity contribution < 1.29 is 31.1 Å². The van der Waals surface area contributed by atoms with Crippen molar-refractivity contribution in [2.24, 2.45) is 0 Å². The molecule has 144 valence electrons. The largest absolute Gasteiger partial charge is 0.416 e. The van der Waals surface area contributed by atoms with Gasteiger partial charge in [-0.1, -0.05) is 24.3 Å². The standard InChI is InChI=1S/C20H11F6NO/c21-19(22,23)14-5-1-3-12(7-14)16-9-27-10-17(18(16)11-28)13-4-2-6-15(8-13)20(24,25)26/h1-11H. The summed E-state index contributed by atoms with van der Waals surface area (Å²) >= 11 is 0. The third kappa shape index (κ3) is 3.90. The van der Waals surface area contributed by atoms with Crippen molar-refractivity contribution in [3.63, 3.8) is 0 Å². The Morgan fingerprint density at radius 1 is 0.714 bits per heavy atom. The van der Waals surface area contributed by atoms with E-state index in [0.29, 0.717) is 6.29 Å². The number of alkyl halides is 6. The number of benzene rings is 2. The van der Waals surface area contributed by atoms with Crippen LogP contribution in [-0.4, -0.2) is 11.3 Å². The lowest BCUT2D eigenvalue weighted by molar-refractivity contribution is -0.138. The summed E-state index contributed by atoms with van der Waals surface area (Å²) in [5.74, 6) is 0. The molecule has 0 saturated heterocycles. The van der Waals surface area contributed by atoms with Crippen LogP contribution >= 0.6 is 0 Å². The van der Waals surface area contributed by atoms with Crippen LogP contribution in [0, 0.1) is 0 Å². The van der Waals surface area contributed by atoms with Crippen molar-refractivity contribution in [3.05, 3.63) is 77.6 Å². The van der Waals surface area contributed by atoms with Crippen LogP contribution in [0.4, 0.5) is 26.3 Å². The molecule has 0 saturated carbocycles. The van der Waals surface area contributed by atoms with Crippen LogP contribution < -0.4 is 0 Å². The SMILES string of the molecule is O=Cc1c(-c2cccc(C(F)(F)F)c2)cncc1-c1cccc(C(F)(F)F)c1. The van der Waals surface area contributed by atoms with Crippen LogP contribution in [-0.2, 0) is 12.4 Å². The van der Waals surface area contributed by atoms with Crippen LogP contribution in [0.5, 0.6) is 0 Å². The molecule has 2 aromatic carbocycles. The highest BCUT2D eigenvalue weighted by molar-refractivity contribution is 5.96. The molecule has 1 heterocycles. The van der Waals surface area contributed by atoms with Crippen LogP contribution in [0.2, 0.25) is 0 Å². The predicted molar refractivity (Wildman–Crippen MR) is 90.5 cm³/mol. The second kappa shape index (κ2) is 7.10. The summed E-state index contributed by atoms with van der Waals surface area (Å²) in [6.07, 6.45) is -6.35. The summed E-state index contributed by atoms with van der Waals surface area (Å²) in [5.41, 5.74) is -1.52. The summed E-state index contributed by atoms with van der Waals surface area (Å²) in [6, 6.07) is 8.60. The monoisotopic (exact) mass is 395 g/mol. The van der Waals surface area contributed by atoms with Gasteiger partial charge in [0, 0.05) is 29.1 Å². The highest BCUT2D eigenvalue weighted by Crippen LogP contribution is 2.36. The summed E-state index contributed by atoms with van der Waals surface area (Å²) in [4.78, 5) is 15.6. The van der Waals surface area contributed by atoms with Crippen molar-refractivity contribution in [1.82, 2.24) is 4.98 Å². The van der Waals surface area contributed by atoms with Crippen LogP contribution in [0.3, 0.4) is 0 Å². The van der Waals surface area contributed by atoms with E-state index in [4.69, 9.17) is 0 Å². The van der Waals surface area contributed by atoms with E-state index in [1.165, 1.54) is 36.7 Å². The van der Waals surface area contributed by atoms with E-state index in [2.05, 4.69) is 4.98 Å². The first kappa shape index (κ1) is 19.6. The molecule has 0 bridgehead atoms. The third-order valence-electron chi connectivity index (χ3n) is 4.11. The fraction of sp³-hybridized carbons (Fsp3) is 0.100. The Bertz CT molecular complexity index is 948. The lowest BCUT2D eigenvalue weighted by atomic mass is 9.93. The van der Waals surface area contributed by atoms with Crippen molar-refractivity contribution in [2.45, 2.75) is 12.4 Å². The van der Waals surface area contributed by atoms with Crippen LogP contribution in [0.1, 0.15) is 21.5 Å². The molecule has 0 radical (unpaired) electrons. The number of hydrogen-bond donors (Lipinski definition) is 0. The molecule has 0 N–H and O–H groups in total. The van der Waals surface area contributed by atoms with E-state index in [-0.39, 0.29) is 27.8 Å². The van der Waals surface area contributed by atoms with Gasteiger partial charge < -0.3 is 0 Å². The number of halogens is 6. The van der Waals surface area contributed by atoms with Crippen LogP contribution in [0.15, 0.2) is 60.9 Å². The molecule has 0 aliphatic carbocycles. The Morgan fingerprint density at radius 3 is 1.50 bits per heavy atom. The lowest BCUT2D eigenvalue weighted by Gasteiger charge is -2.14. The van der Waals surface area contributed by atoms with Gasteiger partial charge in [-0.3, -0.25) is 9.78 Å². The van der Waals surface area contributed by atoms with Crippen molar-refractivity contribution in [3.8, 4) is 22.3 Å². The van der Waals surface area contributed by atoms with Gasteiger partial charge in [-0.15, -0.1) is 0 Å². The summed E-state index contributed by atoms with van der Waals surface area (Å²) in [5, 5.41) is 0. The Kier molecular flexibility index (Phi) is 4.97. The summed E-state index contributed by atoms with van der Waals surface area (Å²) in [7, 11) is 0. The Labute approximate surface area is 155 Å². The highest BCUT2D eigenvalue weighted by atomic mass is 19.4. The smallest absolute Gasteiger partial charge is 0.298 e. The van der Waals surface area contributed by atoms with E-state index < -0.39 is 23.5 Å². The highest BCUT2D eigenvalue weighted by Gasteiger charge is 2.31. The molecule has 0 atom stereocenters. The van der Waals surface area contributed by atoms with Gasteiger partial charge in [-0.25, -0.2) is 0 Å². The number of aromatic nitrogens is 1. The van der Waals surface area contributed by atoms with Gasteiger partial charge in [0.05, 0.1) is 11.1 Å². The Morgan fingerprint density at radius 2 is 1.14 bits per heavy atom. The first-order valence-corrected chi connectivity index (χ1v) is 7.89. The van der Waals surface area contributed by atoms with Crippen molar-refractivity contribution >= 4 is 6.29 Å². The molecular weight excluding hydrogens is 384 g/mol. The molecule has 0 fully saturated rings. The maximum absolute atomic E-state index is 13.0. The first-order chi connectivity index (χ1) is 13.1. The second-order valence-corrected chi connectivity index (χ2v) is 5.92. The number of hydrogen-bond acceptors (Lipinski definition) is 2. The first-order valence-electron chi connectivity index (χ1n) is 7.89. The van der Waals surface area contributed by atoms with Gasteiger partial charge in [0.25, 0.3) is 0 Å². The average molecular weight is 395 g/mol. The fourth-order valence-corrected chi connectivity index (χ4v) is 2.78. The molecule has 0 aliphatic rings. The predicted octanol–water partition coefficient (Wildman–Crippen LogP) is 6.27. The van der Waals surface area contributed by atoms with Gasteiger partial charge in [0.2, 0.25) is 0 Å². The zero-order chi connectivity index (χ0) is 20.5. The van der Waals surface area contributed by atoms with Crippen molar-refractivity contribution in [2.75, 3.05) is 0 Å². The lowest BCUT2D eigenvalue weighted by Crippen LogP contribution is -2.05. The quantitative estimate of drug-likeness (QED) is 0.387. The van der Waals surface area contributed by atoms with E-state index in [1.54, 1.807) is 0 Å². The molecule has 0 spiro atoms. The maximum Gasteiger partial charge on any atom is 0.416 e. The van der Waals surface area contributed by atoms with Gasteiger partial charge >= 0.3 is 12.4 Å². The molecule has 0 unspecified atom stereocenters. The summed E-state index contributed by atoms with van der Waals surface area (Å²) < 4.78 is 77.8. The van der Waals surface area contributed by atoms with E-state index in [9.17, 15) is 31.1 Å². The Balaban J connectivity index is 2.17. The molecule has 8 heteroatoms. The summed E-state index contributed by atoms with van der Waals surface area (Å²) in [6.45, 7) is 0. The number of aldehydes is 1. The minimum atomic E-state index is -4.58. The molecule has 3 aromatic rings. The zero-order valence-electron chi connectivity index (χ0n) is 14.0. The number of nitrogens with zero attached hydrogens (tertiary/aromatic N) is 1. The molecular formula is C20H11F6NO. The van der Waals surface area contributed by atoms with Crippen molar-refractivity contribution in [1.29, 1.82) is 0 Å². The topological polar surface area (TPSA) is 30.0 Å². The van der Waals surface area contributed by atoms with E-state index in [0.717, 1.165) is 24.3 Å². The number of carbonyl (C=O) groups is 1. The average Bonchev–Trinajstić information content (AvgIpc) is 2.66. The molecule has 0 aliphatic heterocycles. The molecule has 3 rings (SSSR count). The molecule has 1 aromatic heterocycles. The third-order valence-corrected chi connectivity index (χ3v) is 4.11. The van der Waals surface area contributed by atoms with E-state index in [1.807, 2.05) is 0 Å². The minimum absolute atomic E-state index is 0.0475. The van der Waals surface area contributed by atoms with Gasteiger partial charge in [-0.2, -0.15) is 26.3 Å². The molecule has 2 nitrogen and oxygen atoms in total. The second-order valence-electron chi connectivity index (χ2n) is 5.92. The number of carbonyl (C=O) groups excluding carboxylic acids is 1. The molecule has 28 heavy (non-hydrogen) atoms. The van der Waals surface area contributed by atoms with Gasteiger partial charge in [0.1, 0.15) is 0 Å². The number of pyridine rings is 1. The number of rotatable bonds is 3. The maximum atomic E-state index is 13.0.